The van der Waals surface area contributed by atoms with Crippen LogP contribution in [0.25, 0.3) is 0 Å². The lowest BCUT2D eigenvalue weighted by molar-refractivity contribution is -0.265. The number of halogens is 4. The molecule has 0 fully saturated rings. The van der Waals surface area contributed by atoms with Crippen molar-refractivity contribution in [3.63, 3.8) is 0 Å². The predicted molar refractivity (Wildman–Crippen MR) is 126 cm³/mol. The van der Waals surface area contributed by atoms with Gasteiger partial charge in [0.15, 0.2) is 0 Å². The van der Waals surface area contributed by atoms with Crippen molar-refractivity contribution in [1.82, 2.24) is 15.6 Å². The molecule has 0 saturated heterocycles. The predicted octanol–water partition coefficient (Wildman–Crippen LogP) is 5.17. The maximum atomic E-state index is 14.0. The van der Waals surface area contributed by atoms with Gasteiger partial charge >= 0.3 is 18.4 Å². The number of hydrogen-bond donors (Lipinski definition) is 3. The lowest BCUT2D eigenvalue weighted by Crippen LogP contribution is -2.52. The van der Waals surface area contributed by atoms with Crippen LogP contribution in [0.1, 0.15) is 51.4 Å². The maximum absolute atomic E-state index is 14.0. The van der Waals surface area contributed by atoms with Crippen molar-refractivity contribution in [2.75, 3.05) is 6.54 Å². The smallest absolute Gasteiger partial charge is 0.424 e. The Morgan fingerprint density at radius 1 is 1.03 bits per heavy atom. The molecule has 1 aromatic carbocycles. The van der Waals surface area contributed by atoms with Gasteiger partial charge < -0.3 is 25.2 Å². The van der Waals surface area contributed by atoms with Gasteiger partial charge in [-0.2, -0.15) is 13.2 Å². The van der Waals surface area contributed by atoms with Crippen LogP contribution in [0.3, 0.4) is 0 Å². The van der Waals surface area contributed by atoms with Gasteiger partial charge in [0.2, 0.25) is 5.60 Å². The highest BCUT2D eigenvalue weighted by Gasteiger charge is 2.57. The fourth-order valence-electron chi connectivity index (χ4n) is 3.01. The van der Waals surface area contributed by atoms with Crippen LogP contribution in [-0.4, -0.2) is 40.6 Å². The summed E-state index contributed by atoms with van der Waals surface area (Å²) in [6, 6.07) is 11.1. The van der Waals surface area contributed by atoms with E-state index in [4.69, 9.17) is 21.1 Å². The molecule has 0 spiro atoms. The van der Waals surface area contributed by atoms with Gasteiger partial charge in [-0.05, 0) is 57.9 Å². The summed E-state index contributed by atoms with van der Waals surface area (Å²) in [6.07, 6.45) is -7.23. The Hall–Kier alpha value is -3.05. The monoisotopic (exact) mass is 531 g/mol. The van der Waals surface area contributed by atoms with Crippen LogP contribution in [-0.2, 0) is 27.2 Å². The molecule has 12 heteroatoms. The number of rotatable bonds is 7. The van der Waals surface area contributed by atoms with E-state index in [-0.39, 0.29) is 17.3 Å². The fraction of sp³-hybridized carbons (Fsp3) is 0.458. The van der Waals surface area contributed by atoms with Gasteiger partial charge in [-0.25, -0.2) is 14.6 Å². The number of pyridine rings is 1. The average molecular weight is 532 g/mol. The van der Waals surface area contributed by atoms with Crippen molar-refractivity contribution in [3.8, 4) is 0 Å². The molecule has 1 atom stereocenters. The van der Waals surface area contributed by atoms with E-state index < -0.39 is 47.3 Å². The van der Waals surface area contributed by atoms with Crippen molar-refractivity contribution in [2.45, 2.75) is 64.1 Å². The second-order valence-corrected chi connectivity index (χ2v) is 9.98. The molecule has 198 valence electrons. The zero-order chi connectivity index (χ0) is 27.4. The number of nitrogens with one attached hydrogen (secondary N) is 2. The Kier molecular flexibility index (Phi) is 8.85. The van der Waals surface area contributed by atoms with Crippen LogP contribution < -0.4 is 10.6 Å². The van der Waals surface area contributed by atoms with E-state index in [1.54, 1.807) is 24.3 Å². The number of amides is 2. The Bertz CT molecular complexity index is 1070. The number of aliphatic hydroxyl groups is 1. The Labute approximate surface area is 212 Å². The summed E-state index contributed by atoms with van der Waals surface area (Å²) in [4.78, 5) is 27.9. The van der Waals surface area contributed by atoms with E-state index in [1.807, 2.05) is 11.4 Å². The third-order valence-corrected chi connectivity index (χ3v) is 5.12. The van der Waals surface area contributed by atoms with Gasteiger partial charge in [0.05, 0.1) is 17.8 Å². The molecule has 0 bridgehead atoms. The number of ether oxygens (including phenoxy) is 2. The van der Waals surface area contributed by atoms with Gasteiger partial charge in [-0.3, -0.25) is 0 Å². The van der Waals surface area contributed by atoms with Crippen LogP contribution in [0.4, 0.5) is 22.8 Å². The summed E-state index contributed by atoms with van der Waals surface area (Å²) in [6.45, 7) is 6.32. The van der Waals surface area contributed by atoms with Crippen molar-refractivity contribution in [2.24, 2.45) is 0 Å². The van der Waals surface area contributed by atoms with Crippen LogP contribution in [0.15, 0.2) is 42.5 Å². The number of hydrogen-bond acceptors (Lipinski definition) is 6. The molecule has 2 rings (SSSR count). The molecular formula is C24H29ClF3N3O5. The maximum Gasteiger partial charge on any atom is 0.424 e. The molecule has 2 amide bonds. The highest BCUT2D eigenvalue weighted by atomic mass is 35.5. The normalized spacial score (nSPS) is 13.9. The van der Waals surface area contributed by atoms with Crippen LogP contribution >= 0.6 is 11.6 Å². The number of benzene rings is 1. The number of aromatic nitrogens is 1. The molecule has 8 nitrogen and oxygen atoms in total. The lowest BCUT2D eigenvalue weighted by atomic mass is 9.90. The van der Waals surface area contributed by atoms with Crippen molar-refractivity contribution < 1.29 is 37.3 Å². The summed E-state index contributed by atoms with van der Waals surface area (Å²) >= 11 is 5.99. The van der Waals surface area contributed by atoms with E-state index >= 15 is 0 Å². The van der Waals surface area contributed by atoms with E-state index in [9.17, 15) is 27.9 Å². The second kappa shape index (κ2) is 10.9. The van der Waals surface area contributed by atoms with Gasteiger partial charge in [0.1, 0.15) is 17.4 Å². The average Bonchev–Trinajstić information content (AvgIpc) is 2.74. The zero-order valence-corrected chi connectivity index (χ0v) is 21.3. The van der Waals surface area contributed by atoms with E-state index in [2.05, 4.69) is 10.3 Å². The summed E-state index contributed by atoms with van der Waals surface area (Å²) < 4.78 is 52.1. The molecule has 1 aromatic heterocycles. The van der Waals surface area contributed by atoms with Gasteiger partial charge in [-0.1, -0.05) is 41.9 Å². The molecule has 0 radical (unpaired) electrons. The molecule has 0 aliphatic heterocycles. The van der Waals surface area contributed by atoms with Crippen LogP contribution in [0.2, 0.25) is 5.15 Å². The summed E-state index contributed by atoms with van der Waals surface area (Å²) in [5.41, 5.74) is -5.87. The molecule has 3 N–H and O–H groups in total. The molecule has 0 aliphatic rings. The minimum Gasteiger partial charge on any atom is -0.445 e. The zero-order valence-electron chi connectivity index (χ0n) is 20.5. The molecular weight excluding hydrogens is 503 g/mol. The highest BCUT2D eigenvalue weighted by molar-refractivity contribution is 6.29. The number of carbonyl (C=O) groups excluding carboxylic acids is 2. The van der Waals surface area contributed by atoms with E-state index in [0.717, 1.165) is 11.6 Å². The summed E-state index contributed by atoms with van der Waals surface area (Å²) in [5, 5.41) is 14.8. The minimum absolute atomic E-state index is 0.0186. The van der Waals surface area contributed by atoms with Crippen molar-refractivity contribution in [3.05, 3.63) is 64.4 Å². The number of carbonyl (C=O) groups is 2. The first-order chi connectivity index (χ1) is 16.4. The molecule has 2 aromatic rings. The first-order valence-corrected chi connectivity index (χ1v) is 11.2. The van der Waals surface area contributed by atoms with Crippen molar-refractivity contribution in [1.29, 1.82) is 0 Å². The quantitative estimate of drug-likeness (QED) is 0.425. The van der Waals surface area contributed by atoms with E-state index in [1.165, 1.54) is 40.7 Å². The van der Waals surface area contributed by atoms with Crippen LogP contribution in [0.5, 0.6) is 0 Å². The molecule has 36 heavy (non-hydrogen) atoms. The Balaban J connectivity index is 2.27. The SMILES string of the molecule is CC(C)(C)OC(=O)NCC(O)(c1cc(C(C)(C)NC(=O)OCc2ccccc2)cc(Cl)n1)C(F)(F)F. The molecule has 0 saturated carbocycles. The minimum atomic E-state index is -5.25. The second-order valence-electron chi connectivity index (χ2n) is 9.59. The molecule has 1 heterocycles. The third kappa shape index (κ3) is 7.99. The first-order valence-electron chi connectivity index (χ1n) is 10.9. The third-order valence-electron chi connectivity index (χ3n) is 4.92. The number of alkyl carbamates (subject to hydrolysis) is 2. The summed E-state index contributed by atoms with van der Waals surface area (Å²) in [5.74, 6) is 0. The van der Waals surface area contributed by atoms with Crippen LogP contribution in [0, 0.1) is 0 Å². The highest BCUT2D eigenvalue weighted by Crippen LogP contribution is 2.39. The summed E-state index contributed by atoms with van der Waals surface area (Å²) in [7, 11) is 0. The first kappa shape index (κ1) is 29.2. The number of nitrogens with zero attached hydrogens (tertiary/aromatic N) is 1. The largest absolute Gasteiger partial charge is 0.445 e. The Morgan fingerprint density at radius 2 is 1.64 bits per heavy atom. The Morgan fingerprint density at radius 3 is 2.19 bits per heavy atom. The molecule has 0 aliphatic carbocycles. The van der Waals surface area contributed by atoms with Crippen molar-refractivity contribution >= 4 is 23.8 Å². The van der Waals surface area contributed by atoms with Gasteiger partial charge in [-0.15, -0.1) is 0 Å². The number of alkyl halides is 3. The lowest BCUT2D eigenvalue weighted by Gasteiger charge is -2.32. The van der Waals surface area contributed by atoms with E-state index in [0.29, 0.717) is 0 Å². The molecule has 1 unspecified atom stereocenters. The fourth-order valence-corrected chi connectivity index (χ4v) is 3.21. The topological polar surface area (TPSA) is 110 Å². The van der Waals surface area contributed by atoms with Gasteiger partial charge in [0.25, 0.3) is 0 Å². The standard InChI is InChI=1S/C24H29ClF3N3O5/c1-21(2,3)36-19(32)29-14-23(34,24(26,27)28)17-11-16(12-18(25)30-17)22(4,5)31-20(33)35-13-15-9-7-6-8-10-15/h6-12,34H,13-14H2,1-5H3,(H,29,32)(H,31,33). The van der Waals surface area contributed by atoms with Gasteiger partial charge in [0, 0.05) is 0 Å².